The van der Waals surface area contributed by atoms with Crippen molar-refractivity contribution < 1.29 is 28.5 Å². The number of carbonyl (C=O) groups is 1. The van der Waals surface area contributed by atoms with E-state index >= 15 is 0 Å². The number of hydrogen-bond acceptors (Lipinski definition) is 9. The molecule has 0 aliphatic carbocycles. The molecule has 0 radical (unpaired) electrons. The van der Waals surface area contributed by atoms with Crippen LogP contribution in [0, 0.1) is 6.92 Å². The van der Waals surface area contributed by atoms with E-state index in [2.05, 4.69) is 18.9 Å². The highest BCUT2D eigenvalue weighted by Gasteiger charge is 2.22. The van der Waals surface area contributed by atoms with Gasteiger partial charge in [-0.05, 0) is 74.2 Å². The molecule has 0 unspecified atom stereocenters. The number of methoxy groups -OCH3 is 3. The molecule has 0 fully saturated rings. The third-order valence-corrected chi connectivity index (χ3v) is 6.91. The highest BCUT2D eigenvalue weighted by atomic mass is 16.6. The number of carbonyl (C=O) groups excluding carboxylic acids is 1. The predicted octanol–water partition coefficient (Wildman–Crippen LogP) is 5.73. The van der Waals surface area contributed by atoms with E-state index in [9.17, 15) is 9.59 Å². The Labute approximate surface area is 250 Å². The molecule has 1 aromatic heterocycles. The van der Waals surface area contributed by atoms with Gasteiger partial charge >= 0.3 is 5.97 Å². The number of rotatable bonds is 11. The first-order valence-electron chi connectivity index (χ1n) is 14.0. The highest BCUT2D eigenvalue weighted by Crippen LogP contribution is 2.39. The first-order chi connectivity index (χ1) is 20.6. The maximum absolute atomic E-state index is 13.8. The second kappa shape index (κ2) is 13.4. The summed E-state index contributed by atoms with van der Waals surface area (Å²) in [6.07, 6.45) is 0.623. The molecule has 3 aromatic carbocycles. The van der Waals surface area contributed by atoms with E-state index in [1.54, 1.807) is 31.2 Å². The van der Waals surface area contributed by atoms with E-state index in [1.807, 2.05) is 38.1 Å². The number of aryl methyl sites for hydroxylation is 1. The summed E-state index contributed by atoms with van der Waals surface area (Å²) in [6.45, 7) is 10.2. The standard InChI is InChI=1S/C33H37N3O7/c1-9-42-27-14-20(4)25(17-24(27)19(2)3)31-35-26-13-11-10-12-23(26)32(37)36(31)34-18-22-15-28(39-6)30(29(16-22)40-7)43-21(5)33(38)41-8/h10-19,21H,9H2,1-8H3/t21-/m0/s1. The Balaban J connectivity index is 1.89. The van der Waals surface area contributed by atoms with Gasteiger partial charge in [0, 0.05) is 11.1 Å². The van der Waals surface area contributed by atoms with Crippen molar-refractivity contribution in [2.24, 2.45) is 5.10 Å². The normalized spacial score (nSPS) is 12.0. The van der Waals surface area contributed by atoms with Crippen LogP contribution in [0.15, 0.2) is 58.4 Å². The van der Waals surface area contributed by atoms with Gasteiger partial charge < -0.3 is 23.7 Å². The van der Waals surface area contributed by atoms with Gasteiger partial charge in [0.2, 0.25) is 5.75 Å². The number of hydrogen-bond donors (Lipinski definition) is 0. The molecule has 0 saturated carbocycles. The molecule has 4 aromatic rings. The molecule has 0 aliphatic heterocycles. The number of para-hydroxylation sites is 1. The lowest BCUT2D eigenvalue weighted by Gasteiger charge is -2.19. The van der Waals surface area contributed by atoms with Gasteiger partial charge in [-0.2, -0.15) is 9.78 Å². The van der Waals surface area contributed by atoms with Crippen molar-refractivity contribution in [3.8, 4) is 34.4 Å². The Morgan fingerprint density at radius 2 is 1.67 bits per heavy atom. The maximum atomic E-state index is 13.8. The van der Waals surface area contributed by atoms with Gasteiger partial charge in [0.1, 0.15) is 5.75 Å². The zero-order valence-corrected chi connectivity index (χ0v) is 25.8. The molecule has 0 spiro atoms. The fraction of sp³-hybridized carbons (Fsp3) is 0.333. The molecule has 0 N–H and O–H groups in total. The lowest BCUT2D eigenvalue weighted by atomic mass is 9.96. The molecule has 10 nitrogen and oxygen atoms in total. The Hall–Kier alpha value is -4.86. The highest BCUT2D eigenvalue weighted by molar-refractivity contribution is 5.84. The minimum Gasteiger partial charge on any atom is -0.494 e. The van der Waals surface area contributed by atoms with Crippen molar-refractivity contribution in [3.63, 3.8) is 0 Å². The summed E-state index contributed by atoms with van der Waals surface area (Å²) < 4.78 is 28.9. The summed E-state index contributed by atoms with van der Waals surface area (Å²) in [4.78, 5) is 30.7. The lowest BCUT2D eigenvalue weighted by Crippen LogP contribution is -2.25. The summed E-state index contributed by atoms with van der Waals surface area (Å²) in [7, 11) is 4.23. The Morgan fingerprint density at radius 1 is 1.00 bits per heavy atom. The predicted molar refractivity (Wildman–Crippen MR) is 166 cm³/mol. The molecule has 1 heterocycles. The van der Waals surface area contributed by atoms with Crippen LogP contribution >= 0.6 is 0 Å². The molecular weight excluding hydrogens is 550 g/mol. The van der Waals surface area contributed by atoms with E-state index < -0.39 is 12.1 Å². The molecule has 0 bridgehead atoms. The van der Waals surface area contributed by atoms with Crippen molar-refractivity contribution >= 4 is 23.1 Å². The average molecular weight is 588 g/mol. The van der Waals surface area contributed by atoms with Gasteiger partial charge in [0.25, 0.3) is 5.56 Å². The van der Waals surface area contributed by atoms with Crippen LogP contribution in [0.5, 0.6) is 23.0 Å². The molecule has 0 amide bonds. The van der Waals surface area contributed by atoms with Crippen LogP contribution in [0.1, 0.15) is 50.3 Å². The van der Waals surface area contributed by atoms with Crippen molar-refractivity contribution in [2.75, 3.05) is 27.9 Å². The number of fused-ring (bicyclic) bond motifs is 1. The molecule has 226 valence electrons. The summed E-state index contributed by atoms with van der Waals surface area (Å²) in [5, 5.41) is 5.06. The second-order valence-corrected chi connectivity index (χ2v) is 10.1. The first-order valence-corrected chi connectivity index (χ1v) is 14.0. The third kappa shape index (κ3) is 6.48. The van der Waals surface area contributed by atoms with Gasteiger partial charge in [0.15, 0.2) is 23.4 Å². The maximum Gasteiger partial charge on any atom is 0.346 e. The summed E-state index contributed by atoms with van der Waals surface area (Å²) in [5.74, 6) is 1.68. The van der Waals surface area contributed by atoms with Crippen LogP contribution in [0.4, 0.5) is 0 Å². The average Bonchev–Trinajstić information content (AvgIpc) is 3.00. The summed E-state index contributed by atoms with van der Waals surface area (Å²) in [5.41, 5.74) is 3.47. The fourth-order valence-corrected chi connectivity index (χ4v) is 4.68. The zero-order valence-electron chi connectivity index (χ0n) is 25.8. The van der Waals surface area contributed by atoms with E-state index in [4.69, 9.17) is 28.7 Å². The monoisotopic (exact) mass is 587 g/mol. The smallest absolute Gasteiger partial charge is 0.346 e. The van der Waals surface area contributed by atoms with E-state index in [1.165, 1.54) is 32.2 Å². The lowest BCUT2D eigenvalue weighted by molar-refractivity contribution is -0.148. The summed E-state index contributed by atoms with van der Waals surface area (Å²) >= 11 is 0. The Morgan fingerprint density at radius 3 is 2.28 bits per heavy atom. The Kier molecular flexibility index (Phi) is 9.70. The number of ether oxygens (including phenoxy) is 5. The Bertz CT molecular complexity index is 1700. The molecule has 43 heavy (non-hydrogen) atoms. The summed E-state index contributed by atoms with van der Waals surface area (Å²) in [6, 6.07) is 14.5. The first kappa shape index (κ1) is 31.1. The van der Waals surface area contributed by atoms with Crippen LogP contribution in [-0.4, -0.2) is 55.9 Å². The van der Waals surface area contributed by atoms with Gasteiger partial charge in [-0.15, -0.1) is 0 Å². The zero-order chi connectivity index (χ0) is 31.3. The largest absolute Gasteiger partial charge is 0.494 e. The minimum atomic E-state index is -0.898. The van der Waals surface area contributed by atoms with Crippen molar-refractivity contribution in [2.45, 2.75) is 46.6 Å². The molecule has 1 atom stereocenters. The van der Waals surface area contributed by atoms with Gasteiger partial charge in [-0.1, -0.05) is 26.0 Å². The number of aromatic nitrogens is 2. The third-order valence-electron chi connectivity index (χ3n) is 6.91. The van der Waals surface area contributed by atoms with Crippen LogP contribution in [-0.2, 0) is 9.53 Å². The van der Waals surface area contributed by atoms with Crippen molar-refractivity contribution in [1.82, 2.24) is 9.66 Å². The SMILES string of the molecule is CCOc1cc(C)c(-c2nc3ccccc3c(=O)n2N=Cc2cc(OC)c(O[C@@H](C)C(=O)OC)c(OC)c2)cc1C(C)C. The van der Waals surface area contributed by atoms with E-state index in [0.29, 0.717) is 40.4 Å². The molecular formula is C33H37N3O7. The number of benzene rings is 3. The molecule has 0 aliphatic rings. The quantitative estimate of drug-likeness (QED) is 0.162. The molecule has 10 heteroatoms. The van der Waals surface area contributed by atoms with Crippen molar-refractivity contribution in [1.29, 1.82) is 0 Å². The van der Waals surface area contributed by atoms with Crippen LogP contribution in [0.2, 0.25) is 0 Å². The minimum absolute atomic E-state index is 0.174. The fourth-order valence-electron chi connectivity index (χ4n) is 4.68. The molecule has 0 saturated heterocycles. The van der Waals surface area contributed by atoms with Crippen LogP contribution in [0.3, 0.4) is 0 Å². The topological polar surface area (TPSA) is 110 Å². The molecule has 4 rings (SSSR count). The number of nitrogens with zero attached hydrogens (tertiary/aromatic N) is 3. The van der Waals surface area contributed by atoms with E-state index in [0.717, 1.165) is 22.4 Å². The van der Waals surface area contributed by atoms with Crippen LogP contribution < -0.4 is 24.5 Å². The van der Waals surface area contributed by atoms with Gasteiger partial charge in [-0.25, -0.2) is 9.78 Å². The second-order valence-electron chi connectivity index (χ2n) is 10.1. The number of esters is 1. The van der Waals surface area contributed by atoms with Crippen LogP contribution in [0.25, 0.3) is 22.3 Å². The van der Waals surface area contributed by atoms with E-state index in [-0.39, 0.29) is 17.2 Å². The van der Waals surface area contributed by atoms with Gasteiger partial charge in [0.05, 0.1) is 45.1 Å². The van der Waals surface area contributed by atoms with Crippen molar-refractivity contribution in [3.05, 3.63) is 75.6 Å². The van der Waals surface area contributed by atoms with Gasteiger partial charge in [-0.3, -0.25) is 4.79 Å².